The summed E-state index contributed by atoms with van der Waals surface area (Å²) in [6.07, 6.45) is 3.91. The van der Waals surface area contributed by atoms with Crippen LogP contribution in [0.4, 0.5) is 0 Å². The van der Waals surface area contributed by atoms with E-state index in [-0.39, 0.29) is 0 Å². The Morgan fingerprint density at radius 3 is 2.88 bits per heavy atom. The number of rotatable bonds is 0. The first-order valence-electron chi connectivity index (χ1n) is 2.57. The van der Waals surface area contributed by atoms with Crippen LogP contribution in [0.3, 0.4) is 0 Å². The van der Waals surface area contributed by atoms with Gasteiger partial charge in [0.05, 0.1) is 5.03 Å². The summed E-state index contributed by atoms with van der Waals surface area (Å²) in [7, 11) is 0. The maximum absolute atomic E-state index is 5.70. The van der Waals surface area contributed by atoms with E-state index in [1.165, 1.54) is 0 Å². The zero-order valence-electron chi connectivity index (χ0n) is 4.74. The minimum absolute atomic E-state index is 0.816. The van der Waals surface area contributed by atoms with Crippen molar-refractivity contribution in [3.63, 3.8) is 0 Å². The molecule has 1 aliphatic rings. The van der Waals surface area contributed by atoms with E-state index in [1.807, 2.05) is 19.1 Å². The highest BCUT2D eigenvalue weighted by molar-refractivity contribution is 6.31. The van der Waals surface area contributed by atoms with Gasteiger partial charge in [-0.25, -0.2) is 0 Å². The minimum Gasteiger partial charge on any atom is -0.384 e. The molecule has 0 bridgehead atoms. The van der Waals surface area contributed by atoms with Crippen LogP contribution in [0, 0.1) is 0 Å². The molecule has 1 aliphatic heterocycles. The zero-order valence-corrected chi connectivity index (χ0v) is 5.50. The lowest BCUT2D eigenvalue weighted by Gasteiger charge is -2.08. The van der Waals surface area contributed by atoms with Crippen molar-refractivity contribution < 1.29 is 0 Å². The highest BCUT2D eigenvalue weighted by Crippen LogP contribution is 2.10. The van der Waals surface area contributed by atoms with E-state index in [0.29, 0.717) is 0 Å². The summed E-state index contributed by atoms with van der Waals surface area (Å²) in [6.45, 7) is 2.87. The summed E-state index contributed by atoms with van der Waals surface area (Å²) in [4.78, 5) is 0. The van der Waals surface area contributed by atoms with E-state index in [4.69, 9.17) is 11.6 Å². The Labute approximate surface area is 54.0 Å². The Bertz CT molecular complexity index is 147. The largest absolute Gasteiger partial charge is 0.384 e. The molecule has 0 atom stereocenters. The van der Waals surface area contributed by atoms with Crippen LogP contribution in [0.15, 0.2) is 22.9 Å². The molecule has 8 heavy (non-hydrogen) atoms. The average Bonchev–Trinajstić information content (AvgIpc) is 1.77. The fourth-order valence-corrected chi connectivity index (χ4v) is 0.740. The normalized spacial score (nSPS) is 18.8. The maximum Gasteiger partial charge on any atom is 0.0589 e. The first kappa shape index (κ1) is 5.70. The second-order valence-electron chi connectivity index (χ2n) is 1.76. The van der Waals surface area contributed by atoms with Crippen LogP contribution >= 0.6 is 11.6 Å². The van der Waals surface area contributed by atoms with Gasteiger partial charge < -0.3 is 5.32 Å². The van der Waals surface area contributed by atoms with E-state index < -0.39 is 0 Å². The fourth-order valence-electron chi connectivity index (χ4n) is 0.584. The van der Waals surface area contributed by atoms with E-state index in [1.54, 1.807) is 0 Å². The number of dihydropyridines is 1. The van der Waals surface area contributed by atoms with Crippen molar-refractivity contribution in [3.05, 3.63) is 22.9 Å². The van der Waals surface area contributed by atoms with Gasteiger partial charge in [0, 0.05) is 12.2 Å². The van der Waals surface area contributed by atoms with Gasteiger partial charge in [-0.2, -0.15) is 0 Å². The van der Waals surface area contributed by atoms with Crippen molar-refractivity contribution >= 4 is 11.6 Å². The molecule has 0 aromatic rings. The lowest BCUT2D eigenvalue weighted by atomic mass is 10.3. The molecule has 0 unspecified atom stereocenters. The third-order valence-corrected chi connectivity index (χ3v) is 1.52. The molecule has 0 saturated carbocycles. The van der Waals surface area contributed by atoms with Crippen LogP contribution in [0.5, 0.6) is 0 Å². The van der Waals surface area contributed by atoms with Gasteiger partial charge in [-0.3, -0.25) is 0 Å². The molecule has 0 aromatic heterocycles. The summed E-state index contributed by atoms with van der Waals surface area (Å²) in [5.41, 5.74) is 1.06. The van der Waals surface area contributed by atoms with E-state index in [0.717, 1.165) is 17.3 Å². The minimum atomic E-state index is 0.816. The second kappa shape index (κ2) is 2.23. The lowest BCUT2D eigenvalue weighted by Crippen LogP contribution is -2.14. The lowest BCUT2D eigenvalue weighted by molar-refractivity contribution is 0.886. The molecule has 0 aliphatic carbocycles. The van der Waals surface area contributed by atoms with Gasteiger partial charge >= 0.3 is 0 Å². The average molecular weight is 130 g/mol. The van der Waals surface area contributed by atoms with Gasteiger partial charge in [0.2, 0.25) is 0 Å². The highest BCUT2D eigenvalue weighted by Gasteiger charge is 1.96. The van der Waals surface area contributed by atoms with Crippen LogP contribution in [0.1, 0.15) is 6.92 Å². The van der Waals surface area contributed by atoms with Gasteiger partial charge in [0.15, 0.2) is 0 Å². The molecule has 44 valence electrons. The van der Waals surface area contributed by atoms with Gasteiger partial charge in [0.25, 0.3) is 0 Å². The zero-order chi connectivity index (χ0) is 5.98. The van der Waals surface area contributed by atoms with Crippen LogP contribution in [0.2, 0.25) is 0 Å². The number of hydrogen-bond acceptors (Lipinski definition) is 1. The molecule has 2 heteroatoms. The van der Waals surface area contributed by atoms with Crippen molar-refractivity contribution in [3.8, 4) is 0 Å². The summed E-state index contributed by atoms with van der Waals surface area (Å²) in [5, 5.41) is 3.91. The summed E-state index contributed by atoms with van der Waals surface area (Å²) in [5.74, 6) is 0. The van der Waals surface area contributed by atoms with E-state index >= 15 is 0 Å². The van der Waals surface area contributed by atoms with Crippen molar-refractivity contribution in [1.82, 2.24) is 5.32 Å². The smallest absolute Gasteiger partial charge is 0.0589 e. The number of hydrogen-bond donors (Lipinski definition) is 1. The molecule has 0 aromatic carbocycles. The Hall–Kier alpha value is -0.430. The molecule has 0 radical (unpaired) electrons. The molecule has 0 saturated heterocycles. The van der Waals surface area contributed by atoms with E-state index in [2.05, 4.69) is 5.32 Å². The Morgan fingerprint density at radius 2 is 2.50 bits per heavy atom. The summed E-state index contributed by atoms with van der Waals surface area (Å²) < 4.78 is 0. The van der Waals surface area contributed by atoms with Gasteiger partial charge in [-0.1, -0.05) is 17.7 Å². The molecule has 0 amide bonds. The van der Waals surface area contributed by atoms with Gasteiger partial charge in [0.1, 0.15) is 0 Å². The molecule has 1 rings (SSSR count). The maximum atomic E-state index is 5.70. The summed E-state index contributed by atoms with van der Waals surface area (Å²) in [6, 6.07) is 0. The molecule has 1 N–H and O–H groups in total. The molecular formula is C6H8ClN. The Balaban J connectivity index is 2.76. The third-order valence-electron chi connectivity index (χ3n) is 1.11. The topological polar surface area (TPSA) is 12.0 Å². The fraction of sp³-hybridized carbons (Fsp3) is 0.333. The monoisotopic (exact) mass is 129 g/mol. The third kappa shape index (κ3) is 1.04. The predicted octanol–water partition coefficient (Wildman–Crippen LogP) is 1.62. The van der Waals surface area contributed by atoms with Crippen LogP contribution in [-0.2, 0) is 0 Å². The van der Waals surface area contributed by atoms with Crippen molar-refractivity contribution in [2.45, 2.75) is 6.92 Å². The first-order valence-corrected chi connectivity index (χ1v) is 2.95. The van der Waals surface area contributed by atoms with Crippen molar-refractivity contribution in [1.29, 1.82) is 0 Å². The molecule has 0 fully saturated rings. The highest BCUT2D eigenvalue weighted by atomic mass is 35.5. The van der Waals surface area contributed by atoms with E-state index in [9.17, 15) is 0 Å². The molecule has 0 spiro atoms. The SMILES string of the molecule is CC1=C(Cl)C=CCN1. The quantitative estimate of drug-likeness (QED) is 0.524. The Kier molecular flexibility index (Phi) is 1.59. The summed E-state index contributed by atoms with van der Waals surface area (Å²) >= 11 is 5.70. The van der Waals surface area contributed by atoms with Gasteiger partial charge in [-0.05, 0) is 13.0 Å². The standard InChI is InChI=1S/C6H8ClN/c1-5-6(7)3-2-4-8-5/h2-3,8H,4H2,1H3. The first-order chi connectivity index (χ1) is 3.80. The Morgan fingerprint density at radius 1 is 1.75 bits per heavy atom. The molecular weight excluding hydrogens is 122 g/mol. The molecule has 1 heterocycles. The number of nitrogens with one attached hydrogen (secondary N) is 1. The molecule has 1 nitrogen and oxygen atoms in total. The number of halogens is 1. The van der Waals surface area contributed by atoms with Crippen LogP contribution in [-0.4, -0.2) is 6.54 Å². The second-order valence-corrected chi connectivity index (χ2v) is 2.16. The van der Waals surface area contributed by atoms with Gasteiger partial charge in [-0.15, -0.1) is 0 Å². The predicted molar refractivity (Wildman–Crippen MR) is 35.7 cm³/mol. The van der Waals surface area contributed by atoms with Crippen LogP contribution in [0.25, 0.3) is 0 Å². The van der Waals surface area contributed by atoms with Crippen molar-refractivity contribution in [2.24, 2.45) is 0 Å². The van der Waals surface area contributed by atoms with Crippen molar-refractivity contribution in [2.75, 3.05) is 6.54 Å². The number of allylic oxidation sites excluding steroid dienone is 3. The van der Waals surface area contributed by atoms with Crippen LogP contribution < -0.4 is 5.32 Å².